The first-order chi connectivity index (χ1) is 11.6. The first-order valence-electron chi connectivity index (χ1n) is 8.24. The Balaban J connectivity index is 1.66. The second-order valence-electron chi connectivity index (χ2n) is 5.84. The van der Waals surface area contributed by atoms with E-state index in [-0.39, 0.29) is 11.2 Å². The number of thioether (sulfide) groups is 1. The minimum absolute atomic E-state index is 0.0432. The van der Waals surface area contributed by atoms with E-state index in [0.717, 1.165) is 29.2 Å². The van der Waals surface area contributed by atoms with Crippen molar-refractivity contribution in [2.75, 3.05) is 17.7 Å². The Kier molecular flexibility index (Phi) is 7.19. The molecule has 0 aliphatic heterocycles. The van der Waals surface area contributed by atoms with Crippen LogP contribution in [0.2, 0.25) is 0 Å². The van der Waals surface area contributed by atoms with Gasteiger partial charge in [0.25, 0.3) is 0 Å². The number of carbonyl (C=O) groups excluding carboxylic acids is 1. The summed E-state index contributed by atoms with van der Waals surface area (Å²) in [5.74, 6) is 1.89. The number of carbonyl (C=O) groups is 1. The van der Waals surface area contributed by atoms with Crippen molar-refractivity contribution in [2.45, 2.75) is 32.4 Å². The van der Waals surface area contributed by atoms with Crippen LogP contribution >= 0.6 is 11.8 Å². The summed E-state index contributed by atoms with van der Waals surface area (Å²) in [7, 11) is 0. The predicted molar refractivity (Wildman–Crippen MR) is 103 cm³/mol. The lowest BCUT2D eigenvalue weighted by Gasteiger charge is -2.13. The predicted octanol–water partition coefficient (Wildman–Crippen LogP) is 4.83. The number of rotatable bonds is 8. The van der Waals surface area contributed by atoms with Gasteiger partial charge in [0.15, 0.2) is 0 Å². The third kappa shape index (κ3) is 5.93. The molecule has 4 heteroatoms. The van der Waals surface area contributed by atoms with Gasteiger partial charge in [-0.1, -0.05) is 30.3 Å². The molecular weight excluding hydrogens is 318 g/mol. The molecular formula is C20H25NO2S. The zero-order valence-electron chi connectivity index (χ0n) is 14.5. The van der Waals surface area contributed by atoms with Gasteiger partial charge in [0.2, 0.25) is 5.91 Å². The number of amides is 1. The molecule has 0 aliphatic carbocycles. The van der Waals surface area contributed by atoms with Crippen LogP contribution in [-0.2, 0) is 4.79 Å². The zero-order valence-corrected chi connectivity index (χ0v) is 15.4. The van der Waals surface area contributed by atoms with Crippen molar-refractivity contribution in [1.82, 2.24) is 0 Å². The fraction of sp³-hybridized carbons (Fsp3) is 0.350. The average molecular weight is 343 g/mol. The van der Waals surface area contributed by atoms with Gasteiger partial charge < -0.3 is 10.1 Å². The number of aryl methyl sites for hydroxylation is 2. The minimum atomic E-state index is -0.0779. The summed E-state index contributed by atoms with van der Waals surface area (Å²) < 4.78 is 5.84. The molecule has 0 spiro atoms. The lowest BCUT2D eigenvalue weighted by atomic mass is 10.1. The molecule has 0 aliphatic rings. The second kappa shape index (κ2) is 9.38. The maximum absolute atomic E-state index is 12.1. The summed E-state index contributed by atoms with van der Waals surface area (Å²) >= 11 is 1.65. The molecule has 1 N–H and O–H groups in total. The monoisotopic (exact) mass is 343 g/mol. The minimum Gasteiger partial charge on any atom is -0.493 e. The Morgan fingerprint density at radius 3 is 2.67 bits per heavy atom. The standard InChI is InChI=1S/C20H25NO2S/c1-15-10-11-16(2)19(14-15)23-12-7-13-24-17(3)20(22)21-18-8-5-4-6-9-18/h4-6,8-11,14,17H,7,12-13H2,1-3H3,(H,21,22). The third-order valence-corrected chi connectivity index (χ3v) is 4.91. The second-order valence-corrected chi connectivity index (χ2v) is 7.29. The summed E-state index contributed by atoms with van der Waals surface area (Å²) in [6.45, 7) is 6.73. The molecule has 1 unspecified atom stereocenters. The van der Waals surface area contributed by atoms with Gasteiger partial charge in [0.1, 0.15) is 5.75 Å². The van der Waals surface area contributed by atoms with Gasteiger partial charge in [-0.15, -0.1) is 11.8 Å². The number of benzene rings is 2. The van der Waals surface area contributed by atoms with E-state index in [1.807, 2.05) is 37.3 Å². The van der Waals surface area contributed by atoms with E-state index in [2.05, 4.69) is 37.4 Å². The first kappa shape index (κ1) is 18.4. The highest BCUT2D eigenvalue weighted by molar-refractivity contribution is 8.00. The normalized spacial score (nSPS) is 11.8. The maximum Gasteiger partial charge on any atom is 0.237 e. The van der Waals surface area contributed by atoms with E-state index in [0.29, 0.717) is 6.61 Å². The Labute approximate surface area is 148 Å². The van der Waals surface area contributed by atoms with Crippen LogP contribution in [0, 0.1) is 13.8 Å². The van der Waals surface area contributed by atoms with Gasteiger partial charge in [-0.3, -0.25) is 4.79 Å². The molecule has 0 radical (unpaired) electrons. The Bertz CT molecular complexity index is 658. The van der Waals surface area contributed by atoms with Crippen molar-refractivity contribution < 1.29 is 9.53 Å². The number of para-hydroxylation sites is 1. The van der Waals surface area contributed by atoms with Crippen LogP contribution in [0.5, 0.6) is 5.75 Å². The Morgan fingerprint density at radius 2 is 1.92 bits per heavy atom. The number of ether oxygens (including phenoxy) is 1. The van der Waals surface area contributed by atoms with Crippen LogP contribution in [0.25, 0.3) is 0 Å². The molecule has 0 saturated heterocycles. The zero-order chi connectivity index (χ0) is 17.4. The topological polar surface area (TPSA) is 38.3 Å². The fourth-order valence-corrected chi connectivity index (χ4v) is 3.05. The quantitative estimate of drug-likeness (QED) is 0.698. The van der Waals surface area contributed by atoms with Gasteiger partial charge in [-0.05, 0) is 62.3 Å². The molecule has 0 bridgehead atoms. The molecule has 0 fully saturated rings. The lowest BCUT2D eigenvalue weighted by molar-refractivity contribution is -0.115. The van der Waals surface area contributed by atoms with Crippen LogP contribution < -0.4 is 10.1 Å². The highest BCUT2D eigenvalue weighted by Crippen LogP contribution is 2.20. The van der Waals surface area contributed by atoms with Gasteiger partial charge in [-0.2, -0.15) is 0 Å². The van der Waals surface area contributed by atoms with Crippen LogP contribution in [0.15, 0.2) is 48.5 Å². The van der Waals surface area contributed by atoms with Crippen molar-refractivity contribution in [2.24, 2.45) is 0 Å². The van der Waals surface area contributed by atoms with E-state index in [1.165, 1.54) is 5.56 Å². The van der Waals surface area contributed by atoms with Crippen LogP contribution in [-0.4, -0.2) is 23.5 Å². The van der Waals surface area contributed by atoms with Gasteiger partial charge in [0, 0.05) is 5.69 Å². The van der Waals surface area contributed by atoms with Gasteiger partial charge >= 0.3 is 0 Å². The molecule has 2 aromatic rings. The van der Waals surface area contributed by atoms with Crippen LogP contribution in [0.4, 0.5) is 5.69 Å². The summed E-state index contributed by atoms with van der Waals surface area (Å²) in [5, 5.41) is 2.85. The molecule has 1 amide bonds. The molecule has 3 nitrogen and oxygen atoms in total. The Hall–Kier alpha value is -1.94. The third-order valence-electron chi connectivity index (χ3n) is 3.67. The molecule has 0 heterocycles. The molecule has 2 rings (SSSR count). The summed E-state index contributed by atoms with van der Waals surface area (Å²) in [6.07, 6.45) is 0.918. The van der Waals surface area contributed by atoms with Crippen molar-refractivity contribution >= 4 is 23.4 Å². The Morgan fingerprint density at radius 1 is 1.17 bits per heavy atom. The van der Waals surface area contributed by atoms with E-state index in [1.54, 1.807) is 11.8 Å². The van der Waals surface area contributed by atoms with Crippen molar-refractivity contribution in [3.05, 3.63) is 59.7 Å². The number of anilines is 1. The summed E-state index contributed by atoms with van der Waals surface area (Å²) in [4.78, 5) is 12.1. The molecule has 1 atom stereocenters. The average Bonchev–Trinajstić information content (AvgIpc) is 2.58. The van der Waals surface area contributed by atoms with Crippen LogP contribution in [0.1, 0.15) is 24.5 Å². The van der Waals surface area contributed by atoms with Crippen molar-refractivity contribution in [1.29, 1.82) is 0 Å². The van der Waals surface area contributed by atoms with E-state index in [4.69, 9.17) is 4.74 Å². The van der Waals surface area contributed by atoms with E-state index in [9.17, 15) is 4.79 Å². The SMILES string of the molecule is Cc1ccc(C)c(OCCCSC(C)C(=O)Nc2ccccc2)c1. The largest absolute Gasteiger partial charge is 0.493 e. The summed E-state index contributed by atoms with van der Waals surface area (Å²) in [6, 6.07) is 15.8. The van der Waals surface area contributed by atoms with Crippen molar-refractivity contribution in [3.8, 4) is 5.75 Å². The lowest BCUT2D eigenvalue weighted by Crippen LogP contribution is -2.22. The molecule has 0 saturated carbocycles. The van der Waals surface area contributed by atoms with E-state index >= 15 is 0 Å². The number of hydrogen-bond acceptors (Lipinski definition) is 3. The molecule has 2 aromatic carbocycles. The fourth-order valence-electron chi connectivity index (χ4n) is 2.21. The number of nitrogens with one attached hydrogen (secondary N) is 1. The van der Waals surface area contributed by atoms with E-state index < -0.39 is 0 Å². The highest BCUT2D eigenvalue weighted by Gasteiger charge is 2.13. The molecule has 128 valence electrons. The molecule has 24 heavy (non-hydrogen) atoms. The first-order valence-corrected chi connectivity index (χ1v) is 9.28. The molecule has 0 aromatic heterocycles. The van der Waals surface area contributed by atoms with Gasteiger partial charge in [-0.25, -0.2) is 0 Å². The van der Waals surface area contributed by atoms with Crippen LogP contribution in [0.3, 0.4) is 0 Å². The number of hydrogen-bond donors (Lipinski definition) is 1. The highest BCUT2D eigenvalue weighted by atomic mass is 32.2. The smallest absolute Gasteiger partial charge is 0.237 e. The van der Waals surface area contributed by atoms with Gasteiger partial charge in [0.05, 0.1) is 11.9 Å². The van der Waals surface area contributed by atoms with Crippen molar-refractivity contribution in [3.63, 3.8) is 0 Å². The summed E-state index contributed by atoms with van der Waals surface area (Å²) in [5.41, 5.74) is 3.20. The maximum atomic E-state index is 12.1.